The predicted octanol–water partition coefficient (Wildman–Crippen LogP) is 2.13. The van der Waals surface area contributed by atoms with Crippen LogP contribution in [0, 0.1) is 22.7 Å². The first-order valence-electron chi connectivity index (χ1n) is 9.07. The van der Waals surface area contributed by atoms with Gasteiger partial charge in [0.25, 0.3) is 0 Å². The van der Waals surface area contributed by atoms with Crippen molar-refractivity contribution in [3.05, 3.63) is 22.8 Å². The minimum Gasteiger partial charge on any atom is -0.458 e. The van der Waals surface area contributed by atoms with Gasteiger partial charge in [-0.15, -0.1) is 0 Å². The van der Waals surface area contributed by atoms with Gasteiger partial charge in [-0.25, -0.2) is 0 Å². The van der Waals surface area contributed by atoms with Crippen LogP contribution in [0.25, 0.3) is 0 Å². The Bertz CT molecular complexity index is 769. The van der Waals surface area contributed by atoms with E-state index < -0.39 is 35.2 Å². The van der Waals surface area contributed by atoms with E-state index in [1.807, 2.05) is 13.8 Å². The predicted molar refractivity (Wildman–Crippen MR) is 89.4 cm³/mol. The van der Waals surface area contributed by atoms with Gasteiger partial charge in [0.15, 0.2) is 0 Å². The summed E-state index contributed by atoms with van der Waals surface area (Å²) < 4.78 is 5.62. The van der Waals surface area contributed by atoms with Crippen molar-refractivity contribution in [1.82, 2.24) is 0 Å². The fraction of sp³-hybridized carbons (Fsp3) is 0.650. The van der Waals surface area contributed by atoms with E-state index >= 15 is 0 Å². The van der Waals surface area contributed by atoms with E-state index in [0.29, 0.717) is 17.6 Å². The smallest absolute Gasteiger partial charge is 0.317 e. The number of allylic oxidation sites excluding steroid dienone is 1. The zero-order valence-corrected chi connectivity index (χ0v) is 15.1. The molecule has 0 radical (unpaired) electrons. The fourth-order valence-corrected chi connectivity index (χ4v) is 5.66. The highest BCUT2D eigenvalue weighted by Crippen LogP contribution is 2.65. The Morgan fingerprint density at radius 2 is 1.84 bits per heavy atom. The molecule has 2 fully saturated rings. The molecule has 0 spiro atoms. The Kier molecular flexibility index (Phi) is 3.28. The van der Waals surface area contributed by atoms with Crippen molar-refractivity contribution < 1.29 is 24.2 Å². The fourth-order valence-electron chi connectivity index (χ4n) is 5.66. The van der Waals surface area contributed by atoms with E-state index in [1.165, 1.54) is 0 Å². The molecule has 1 saturated heterocycles. The van der Waals surface area contributed by atoms with Crippen LogP contribution in [0.2, 0.25) is 0 Å². The van der Waals surface area contributed by atoms with E-state index in [4.69, 9.17) is 4.74 Å². The van der Waals surface area contributed by atoms with Crippen LogP contribution in [0.3, 0.4) is 0 Å². The Labute approximate surface area is 147 Å². The molecule has 0 aromatic rings. The third-order valence-corrected chi connectivity index (χ3v) is 6.69. The number of carbonyl (C=O) groups excluding carboxylic acids is 3. The second-order valence-electron chi connectivity index (χ2n) is 8.85. The lowest BCUT2D eigenvalue weighted by atomic mass is 9.48. The first kappa shape index (κ1) is 16.7. The largest absolute Gasteiger partial charge is 0.458 e. The lowest BCUT2D eigenvalue weighted by Crippen LogP contribution is -2.56. The number of Topliss-reactive ketones (excluding diaryl/α,β-unsaturated/α-hetero) is 2. The maximum Gasteiger partial charge on any atom is 0.317 e. The first-order chi connectivity index (χ1) is 11.6. The summed E-state index contributed by atoms with van der Waals surface area (Å²) in [5.41, 5.74) is -0.282. The number of aliphatic hydroxyl groups is 1. The number of carbonyl (C=O) groups is 3. The number of rotatable bonds is 1. The Morgan fingerprint density at radius 3 is 2.48 bits per heavy atom. The number of hydrogen-bond acceptors (Lipinski definition) is 5. The van der Waals surface area contributed by atoms with Crippen molar-refractivity contribution in [1.29, 1.82) is 0 Å². The molecule has 0 aromatic carbocycles. The highest BCUT2D eigenvalue weighted by Gasteiger charge is 2.71. The van der Waals surface area contributed by atoms with Gasteiger partial charge in [0.2, 0.25) is 11.6 Å². The molecule has 4 atom stereocenters. The van der Waals surface area contributed by atoms with Crippen LogP contribution < -0.4 is 0 Å². The van der Waals surface area contributed by atoms with Crippen LogP contribution in [-0.4, -0.2) is 34.9 Å². The molecule has 0 aromatic heterocycles. The van der Waals surface area contributed by atoms with E-state index in [-0.39, 0.29) is 22.8 Å². The molecule has 0 amide bonds. The van der Waals surface area contributed by atoms with Gasteiger partial charge in [-0.3, -0.25) is 14.4 Å². The molecule has 3 aliphatic carbocycles. The Hall–Kier alpha value is -1.75. The molecule has 134 valence electrons. The second-order valence-corrected chi connectivity index (χ2v) is 8.85. The van der Waals surface area contributed by atoms with Crippen molar-refractivity contribution >= 4 is 17.5 Å². The van der Waals surface area contributed by atoms with Crippen LogP contribution in [0.4, 0.5) is 0 Å². The lowest BCUT2D eigenvalue weighted by molar-refractivity contribution is -0.149. The third kappa shape index (κ3) is 1.85. The van der Waals surface area contributed by atoms with Crippen molar-refractivity contribution in [2.45, 2.75) is 59.2 Å². The van der Waals surface area contributed by atoms with Gasteiger partial charge in [0.1, 0.15) is 17.6 Å². The monoisotopic (exact) mass is 344 g/mol. The highest BCUT2D eigenvalue weighted by atomic mass is 16.6. The standard InChI is InChI=1S/C20H24O5/c1-9(2)10-8-11-12(15(23)13(10)21)20-7-5-6-19(3,4)17(20)16(14(11)22)25-18(20)24/h8-9,14,16-17,22H,5-7H2,1-4H3/t14-,16+,17+,20+/m1/s1. The molecular weight excluding hydrogens is 320 g/mol. The van der Waals surface area contributed by atoms with Gasteiger partial charge in [-0.1, -0.05) is 34.1 Å². The molecule has 25 heavy (non-hydrogen) atoms. The summed E-state index contributed by atoms with van der Waals surface area (Å²) in [6, 6.07) is 0. The zero-order valence-electron chi connectivity index (χ0n) is 15.1. The summed E-state index contributed by atoms with van der Waals surface area (Å²) in [5, 5.41) is 10.9. The normalized spacial score (nSPS) is 39.2. The molecule has 2 bridgehead atoms. The molecule has 0 unspecified atom stereocenters. The van der Waals surface area contributed by atoms with Crippen molar-refractivity contribution in [2.75, 3.05) is 0 Å². The number of ether oxygens (including phenoxy) is 1. The van der Waals surface area contributed by atoms with E-state index in [0.717, 1.165) is 12.8 Å². The number of hydrogen-bond donors (Lipinski definition) is 1. The zero-order chi connectivity index (χ0) is 18.3. The van der Waals surface area contributed by atoms with Crippen molar-refractivity contribution in [3.63, 3.8) is 0 Å². The summed E-state index contributed by atoms with van der Waals surface area (Å²) in [4.78, 5) is 38.6. The van der Waals surface area contributed by atoms with E-state index in [9.17, 15) is 19.5 Å². The Balaban J connectivity index is 2.01. The minimum absolute atomic E-state index is 0.120. The van der Waals surface area contributed by atoms with Gasteiger partial charge >= 0.3 is 5.97 Å². The summed E-state index contributed by atoms with van der Waals surface area (Å²) in [6.45, 7) is 7.81. The molecule has 5 heteroatoms. The van der Waals surface area contributed by atoms with Gasteiger partial charge < -0.3 is 9.84 Å². The van der Waals surface area contributed by atoms with E-state index in [1.54, 1.807) is 6.08 Å². The van der Waals surface area contributed by atoms with Crippen LogP contribution in [0.15, 0.2) is 22.8 Å². The molecule has 4 aliphatic rings. The molecular formula is C20H24O5. The quantitative estimate of drug-likeness (QED) is 0.448. The summed E-state index contributed by atoms with van der Waals surface area (Å²) in [7, 11) is 0. The van der Waals surface area contributed by atoms with Crippen LogP contribution in [0.5, 0.6) is 0 Å². The van der Waals surface area contributed by atoms with Gasteiger partial charge in [-0.2, -0.15) is 0 Å². The Morgan fingerprint density at radius 1 is 1.16 bits per heavy atom. The van der Waals surface area contributed by atoms with Crippen LogP contribution >= 0.6 is 0 Å². The van der Waals surface area contributed by atoms with Crippen molar-refractivity contribution in [2.24, 2.45) is 22.7 Å². The number of ketones is 2. The maximum absolute atomic E-state index is 13.0. The van der Waals surface area contributed by atoms with Crippen molar-refractivity contribution in [3.8, 4) is 0 Å². The van der Waals surface area contributed by atoms with Crippen LogP contribution in [-0.2, 0) is 19.1 Å². The van der Waals surface area contributed by atoms with Gasteiger partial charge in [-0.05, 0) is 35.8 Å². The van der Waals surface area contributed by atoms with Gasteiger partial charge in [0.05, 0.1) is 0 Å². The average Bonchev–Trinajstić information content (AvgIpc) is 2.79. The maximum atomic E-state index is 13.0. The molecule has 1 aliphatic heterocycles. The van der Waals surface area contributed by atoms with Crippen LogP contribution in [0.1, 0.15) is 47.0 Å². The summed E-state index contributed by atoms with van der Waals surface area (Å²) in [6.07, 6.45) is 2.14. The summed E-state index contributed by atoms with van der Waals surface area (Å²) in [5.74, 6) is -2.01. The lowest BCUT2D eigenvalue weighted by Gasteiger charge is -2.51. The number of aliphatic hydroxyl groups excluding tert-OH is 1. The highest BCUT2D eigenvalue weighted by molar-refractivity contribution is 6.51. The van der Waals surface area contributed by atoms with Gasteiger partial charge in [0, 0.05) is 17.1 Å². The first-order valence-corrected chi connectivity index (χ1v) is 9.07. The van der Waals surface area contributed by atoms with E-state index in [2.05, 4.69) is 13.8 Å². The second kappa shape index (κ2) is 4.91. The molecule has 4 rings (SSSR count). The molecule has 1 heterocycles. The average molecular weight is 344 g/mol. The SMILES string of the molecule is CC(C)C1=CC2=C(C(=O)C1=O)[C@@]13CCCC(C)(C)[C@@H]1[C@@H](OC3=O)[C@@H]2O. The minimum atomic E-state index is -1.08. The number of esters is 1. The molecule has 1 saturated carbocycles. The molecule has 1 N–H and O–H groups in total. The topological polar surface area (TPSA) is 80.7 Å². The molecule has 5 nitrogen and oxygen atoms in total. The third-order valence-electron chi connectivity index (χ3n) is 6.69. The summed E-state index contributed by atoms with van der Waals surface area (Å²) >= 11 is 0.